The number of methoxy groups -OCH3 is 1. The number of nitrogens with one attached hydrogen (secondary N) is 1. The average molecular weight is 331 g/mol. The summed E-state index contributed by atoms with van der Waals surface area (Å²) in [6.07, 6.45) is 0.165. The molecule has 1 unspecified atom stereocenters. The second-order valence-corrected chi connectivity index (χ2v) is 5.32. The molecule has 0 aliphatic heterocycles. The molecule has 0 spiro atoms. The highest BCUT2D eigenvalue weighted by Crippen LogP contribution is 2.27. The van der Waals surface area contributed by atoms with E-state index in [1.165, 1.54) is 12.0 Å². The minimum Gasteiger partial charge on any atom is -0.492 e. The molecule has 22 heavy (non-hydrogen) atoms. The van der Waals surface area contributed by atoms with E-state index in [0.717, 1.165) is 6.42 Å². The van der Waals surface area contributed by atoms with Crippen molar-refractivity contribution in [2.75, 3.05) is 39.2 Å². The summed E-state index contributed by atoms with van der Waals surface area (Å²) in [5.41, 5.74) is 0.562. The lowest BCUT2D eigenvalue weighted by Crippen LogP contribution is -2.38. The Balaban J connectivity index is 2.58. The summed E-state index contributed by atoms with van der Waals surface area (Å²) in [6.45, 7) is 2.94. The van der Waals surface area contributed by atoms with E-state index in [4.69, 9.17) is 21.1 Å². The highest BCUT2D eigenvalue weighted by molar-refractivity contribution is 6.32. The Bertz CT molecular complexity index is 485. The van der Waals surface area contributed by atoms with Crippen LogP contribution < -0.4 is 10.1 Å². The summed E-state index contributed by atoms with van der Waals surface area (Å²) in [6, 6.07) is 4.72. The number of aliphatic hydroxyl groups excluding tert-OH is 1. The maximum absolute atomic E-state index is 12.0. The number of anilines is 1. The van der Waals surface area contributed by atoms with Gasteiger partial charge in [-0.15, -0.1) is 0 Å². The number of benzene rings is 1. The van der Waals surface area contributed by atoms with E-state index in [1.807, 2.05) is 6.92 Å². The third-order valence-corrected chi connectivity index (χ3v) is 3.13. The largest absolute Gasteiger partial charge is 0.492 e. The standard InChI is InChI=1S/C15H23ClN2O4/c1-4-7-22-14-6-5-11(8-13(14)16)17-15(20)18(2)9-12(19)10-21-3/h5-6,8,12,19H,4,7,9-10H2,1-3H3,(H,17,20). The molecule has 6 nitrogen and oxygen atoms in total. The number of likely N-dealkylation sites (N-methyl/N-ethyl adjacent to an activating group) is 1. The minimum atomic E-state index is -0.728. The molecule has 0 saturated heterocycles. The molecule has 0 saturated carbocycles. The van der Waals surface area contributed by atoms with Crippen LogP contribution in [-0.4, -0.2) is 56.1 Å². The number of halogens is 1. The van der Waals surface area contributed by atoms with Crippen LogP contribution in [0.4, 0.5) is 10.5 Å². The van der Waals surface area contributed by atoms with Crippen molar-refractivity contribution in [3.63, 3.8) is 0 Å². The van der Waals surface area contributed by atoms with E-state index in [9.17, 15) is 9.90 Å². The number of nitrogens with zero attached hydrogens (tertiary/aromatic N) is 1. The van der Waals surface area contributed by atoms with E-state index >= 15 is 0 Å². The fourth-order valence-corrected chi connectivity index (χ4v) is 2.01. The Morgan fingerprint density at radius 2 is 2.23 bits per heavy atom. The van der Waals surface area contributed by atoms with E-state index in [-0.39, 0.29) is 19.2 Å². The molecule has 0 radical (unpaired) electrons. The Kier molecular flexibility index (Phi) is 8.01. The number of urea groups is 1. The molecule has 1 rings (SSSR count). The molecule has 2 N–H and O–H groups in total. The molecular weight excluding hydrogens is 308 g/mol. The zero-order valence-corrected chi connectivity index (χ0v) is 13.9. The van der Waals surface area contributed by atoms with Gasteiger partial charge < -0.3 is 24.8 Å². The number of rotatable bonds is 8. The van der Waals surface area contributed by atoms with Crippen molar-refractivity contribution in [1.82, 2.24) is 4.90 Å². The molecule has 7 heteroatoms. The van der Waals surface area contributed by atoms with E-state index in [0.29, 0.717) is 23.1 Å². The minimum absolute atomic E-state index is 0.172. The molecule has 0 bridgehead atoms. The third-order valence-electron chi connectivity index (χ3n) is 2.84. The van der Waals surface area contributed by atoms with Crippen LogP contribution in [0.3, 0.4) is 0 Å². The Hall–Kier alpha value is -1.50. The Morgan fingerprint density at radius 1 is 1.50 bits per heavy atom. The smallest absolute Gasteiger partial charge is 0.321 e. The highest BCUT2D eigenvalue weighted by Gasteiger charge is 2.14. The second kappa shape index (κ2) is 9.50. The van der Waals surface area contributed by atoms with Gasteiger partial charge in [0, 0.05) is 19.8 Å². The number of carbonyl (C=O) groups excluding carboxylic acids is 1. The first-order valence-electron chi connectivity index (χ1n) is 7.09. The lowest BCUT2D eigenvalue weighted by Gasteiger charge is -2.21. The first kappa shape index (κ1) is 18.5. The van der Waals surface area contributed by atoms with Crippen molar-refractivity contribution in [2.45, 2.75) is 19.4 Å². The zero-order chi connectivity index (χ0) is 16.5. The number of aliphatic hydroxyl groups is 1. The quantitative estimate of drug-likeness (QED) is 0.768. The van der Waals surface area contributed by atoms with E-state index in [1.54, 1.807) is 25.2 Å². The lowest BCUT2D eigenvalue weighted by atomic mass is 10.3. The molecule has 0 fully saturated rings. The number of hydrogen-bond acceptors (Lipinski definition) is 4. The van der Waals surface area contributed by atoms with Gasteiger partial charge in [-0.1, -0.05) is 18.5 Å². The van der Waals surface area contributed by atoms with Crippen molar-refractivity contribution >= 4 is 23.3 Å². The predicted molar refractivity (Wildman–Crippen MR) is 86.8 cm³/mol. The fourth-order valence-electron chi connectivity index (χ4n) is 1.77. The first-order valence-corrected chi connectivity index (χ1v) is 7.47. The van der Waals surface area contributed by atoms with Crippen LogP contribution >= 0.6 is 11.6 Å². The van der Waals surface area contributed by atoms with Crippen LogP contribution in [0.25, 0.3) is 0 Å². The molecule has 0 aliphatic carbocycles. The van der Waals surface area contributed by atoms with Crippen LogP contribution in [0, 0.1) is 0 Å². The number of carbonyl (C=O) groups is 1. The van der Waals surface area contributed by atoms with Gasteiger partial charge in [-0.2, -0.15) is 0 Å². The van der Waals surface area contributed by atoms with Crippen molar-refractivity contribution in [3.8, 4) is 5.75 Å². The lowest BCUT2D eigenvalue weighted by molar-refractivity contribution is 0.0501. The van der Waals surface area contributed by atoms with Gasteiger partial charge in [-0.3, -0.25) is 0 Å². The van der Waals surface area contributed by atoms with Crippen molar-refractivity contribution in [2.24, 2.45) is 0 Å². The highest BCUT2D eigenvalue weighted by atomic mass is 35.5. The number of ether oxygens (including phenoxy) is 2. The first-order chi connectivity index (χ1) is 10.5. The molecule has 2 amide bonds. The number of amides is 2. The predicted octanol–water partition coefficient (Wildman–Crippen LogP) is 2.60. The van der Waals surface area contributed by atoms with Crippen LogP contribution in [-0.2, 0) is 4.74 Å². The normalized spacial score (nSPS) is 11.9. The van der Waals surface area contributed by atoms with Gasteiger partial charge in [0.1, 0.15) is 5.75 Å². The molecular formula is C15H23ClN2O4. The molecule has 0 heterocycles. The van der Waals surface area contributed by atoms with E-state index in [2.05, 4.69) is 5.32 Å². The van der Waals surface area contributed by atoms with Gasteiger partial charge in [0.05, 0.1) is 30.9 Å². The summed E-state index contributed by atoms with van der Waals surface area (Å²) in [4.78, 5) is 13.4. The Labute approximate surface area is 136 Å². The van der Waals surface area contributed by atoms with Gasteiger partial charge >= 0.3 is 6.03 Å². The van der Waals surface area contributed by atoms with Gasteiger partial charge in [0.25, 0.3) is 0 Å². The van der Waals surface area contributed by atoms with Gasteiger partial charge in [-0.05, 0) is 24.6 Å². The molecule has 0 aromatic heterocycles. The van der Waals surface area contributed by atoms with Gasteiger partial charge in [-0.25, -0.2) is 4.79 Å². The van der Waals surface area contributed by atoms with Gasteiger partial charge in [0.2, 0.25) is 0 Å². The van der Waals surface area contributed by atoms with Crippen LogP contribution in [0.5, 0.6) is 5.75 Å². The fraction of sp³-hybridized carbons (Fsp3) is 0.533. The van der Waals surface area contributed by atoms with Crippen LogP contribution in [0.1, 0.15) is 13.3 Å². The van der Waals surface area contributed by atoms with E-state index < -0.39 is 6.10 Å². The second-order valence-electron chi connectivity index (χ2n) is 4.91. The number of hydrogen-bond donors (Lipinski definition) is 2. The molecule has 0 aliphatic rings. The summed E-state index contributed by atoms with van der Waals surface area (Å²) >= 11 is 6.11. The zero-order valence-electron chi connectivity index (χ0n) is 13.1. The molecule has 124 valence electrons. The third kappa shape index (κ3) is 6.09. The Morgan fingerprint density at radius 3 is 2.82 bits per heavy atom. The summed E-state index contributed by atoms with van der Waals surface area (Å²) in [7, 11) is 3.09. The topological polar surface area (TPSA) is 71.0 Å². The van der Waals surface area contributed by atoms with Crippen molar-refractivity contribution < 1.29 is 19.4 Å². The maximum Gasteiger partial charge on any atom is 0.321 e. The van der Waals surface area contributed by atoms with Crippen molar-refractivity contribution in [3.05, 3.63) is 23.2 Å². The summed E-state index contributed by atoms with van der Waals surface area (Å²) < 4.78 is 10.3. The molecule has 1 aromatic carbocycles. The van der Waals surface area contributed by atoms with Crippen molar-refractivity contribution in [1.29, 1.82) is 0 Å². The molecule has 1 aromatic rings. The average Bonchev–Trinajstić information content (AvgIpc) is 2.46. The van der Waals surface area contributed by atoms with Gasteiger partial charge in [0.15, 0.2) is 0 Å². The maximum atomic E-state index is 12.0. The van der Waals surface area contributed by atoms with Crippen LogP contribution in [0.2, 0.25) is 5.02 Å². The molecule has 1 atom stereocenters. The van der Waals surface area contributed by atoms with Crippen LogP contribution in [0.15, 0.2) is 18.2 Å². The monoisotopic (exact) mass is 330 g/mol. The summed E-state index contributed by atoms with van der Waals surface area (Å²) in [5.74, 6) is 0.588. The SMILES string of the molecule is CCCOc1ccc(NC(=O)N(C)CC(O)COC)cc1Cl. The summed E-state index contributed by atoms with van der Waals surface area (Å²) in [5, 5.41) is 12.8.